The Bertz CT molecular complexity index is 875. The number of fused-ring (bicyclic) bond motifs is 5. The molecule has 0 radical (unpaired) electrons. The van der Waals surface area contributed by atoms with Crippen LogP contribution in [0, 0.1) is 51.2 Å². The normalized spacial score (nSPS) is 40.2. The summed E-state index contributed by atoms with van der Waals surface area (Å²) < 4.78 is 11.8. The Kier molecular flexibility index (Phi) is 8.23. The first-order valence-corrected chi connectivity index (χ1v) is 15.2. The first kappa shape index (κ1) is 28.6. The maximum absolute atomic E-state index is 12.9. The smallest absolute Gasteiger partial charge is 0.429 e. The van der Waals surface area contributed by atoms with Crippen molar-refractivity contribution in [3.63, 3.8) is 0 Å². The zero-order chi connectivity index (χ0) is 27.2. The van der Waals surface area contributed by atoms with Gasteiger partial charge in [0.05, 0.1) is 6.04 Å². The molecule has 0 N–H and O–H groups in total. The summed E-state index contributed by atoms with van der Waals surface area (Å²) in [5, 5.41) is 3.41. The maximum atomic E-state index is 12.9. The molecule has 4 rings (SSSR count). The highest BCUT2D eigenvalue weighted by Crippen LogP contribution is 2.67. The molecule has 3 fully saturated rings. The number of nitrogens with zero attached hydrogens (tertiary/aromatic N) is 1. The Morgan fingerprint density at radius 3 is 2.43 bits per heavy atom. The minimum Gasteiger partial charge on any atom is -0.429 e. The van der Waals surface area contributed by atoms with Crippen LogP contribution in [-0.2, 0) is 9.47 Å². The Morgan fingerprint density at radius 2 is 1.78 bits per heavy atom. The van der Waals surface area contributed by atoms with Crippen molar-refractivity contribution in [2.24, 2.45) is 51.5 Å². The van der Waals surface area contributed by atoms with Gasteiger partial charge in [-0.25, -0.2) is 4.79 Å². The molecule has 0 saturated heterocycles. The molecule has 210 valence electrons. The molecule has 0 aromatic carbocycles. The van der Waals surface area contributed by atoms with E-state index in [1.54, 1.807) is 0 Å². The number of carbonyl (C=O) groups excluding carboxylic acids is 1. The summed E-state index contributed by atoms with van der Waals surface area (Å²) in [5.74, 6) is 3.58. The molecule has 4 aliphatic carbocycles. The lowest BCUT2D eigenvalue weighted by Gasteiger charge is -2.59. The lowest BCUT2D eigenvalue weighted by atomic mass is 9.46. The first-order chi connectivity index (χ1) is 17.3. The molecule has 9 atom stereocenters. The predicted molar refractivity (Wildman–Crippen MR) is 149 cm³/mol. The summed E-state index contributed by atoms with van der Waals surface area (Å²) in [6.07, 6.45) is 12.9. The standard InChI is InChI=1S/C32H53NO4/c1-20(2)10-9-11-21(3)24-12-13-25-28-26(15-17-32(24,25)8)31(7)16-14-23(33-35)18-22(31)19-27(28)36-29(34)37-30(4,5)6/h19-21,23-28H,9-18H2,1-8H3. The van der Waals surface area contributed by atoms with E-state index in [0.717, 1.165) is 30.6 Å². The van der Waals surface area contributed by atoms with E-state index in [4.69, 9.17) is 9.47 Å². The van der Waals surface area contributed by atoms with E-state index in [9.17, 15) is 9.70 Å². The molecular formula is C32H53NO4. The zero-order valence-corrected chi connectivity index (χ0v) is 24.8. The van der Waals surface area contributed by atoms with E-state index in [1.165, 1.54) is 50.5 Å². The molecule has 0 bridgehead atoms. The van der Waals surface area contributed by atoms with Crippen molar-refractivity contribution in [2.75, 3.05) is 0 Å². The van der Waals surface area contributed by atoms with E-state index in [0.29, 0.717) is 24.2 Å². The van der Waals surface area contributed by atoms with Crippen LogP contribution < -0.4 is 0 Å². The highest BCUT2D eigenvalue weighted by atomic mass is 16.7. The van der Waals surface area contributed by atoms with Gasteiger partial charge in [0.25, 0.3) is 0 Å². The summed E-state index contributed by atoms with van der Waals surface area (Å²) in [4.78, 5) is 24.4. The third-order valence-electron chi connectivity index (χ3n) is 11.1. The largest absolute Gasteiger partial charge is 0.509 e. The average Bonchev–Trinajstić information content (AvgIpc) is 3.14. The Balaban J connectivity index is 1.63. The second-order valence-electron chi connectivity index (χ2n) is 15.0. The fourth-order valence-corrected chi connectivity index (χ4v) is 9.22. The van der Waals surface area contributed by atoms with Gasteiger partial charge in [-0.15, -0.1) is 0 Å². The lowest BCUT2D eigenvalue weighted by molar-refractivity contribution is -0.110. The molecule has 0 aromatic rings. The average molecular weight is 516 g/mol. The highest BCUT2D eigenvalue weighted by molar-refractivity contribution is 5.61. The summed E-state index contributed by atoms with van der Waals surface area (Å²) in [7, 11) is 0. The van der Waals surface area contributed by atoms with Crippen molar-refractivity contribution < 1.29 is 14.3 Å². The quantitative estimate of drug-likeness (QED) is 0.193. The van der Waals surface area contributed by atoms with Crippen molar-refractivity contribution in [1.29, 1.82) is 0 Å². The van der Waals surface area contributed by atoms with Crippen LogP contribution in [-0.4, -0.2) is 23.9 Å². The summed E-state index contributed by atoms with van der Waals surface area (Å²) in [6, 6.07) is -0.158. The van der Waals surface area contributed by atoms with Gasteiger partial charge in [-0.2, -0.15) is 4.91 Å². The molecule has 0 aromatic heterocycles. The van der Waals surface area contributed by atoms with Crippen LogP contribution >= 0.6 is 0 Å². The van der Waals surface area contributed by atoms with E-state index >= 15 is 0 Å². The van der Waals surface area contributed by atoms with Gasteiger partial charge in [-0.3, -0.25) is 0 Å². The minimum absolute atomic E-state index is 0.0714. The zero-order valence-electron chi connectivity index (χ0n) is 24.8. The van der Waals surface area contributed by atoms with Crippen molar-refractivity contribution in [3.8, 4) is 0 Å². The lowest BCUT2D eigenvalue weighted by Crippen LogP contribution is -2.55. The minimum atomic E-state index is -0.588. The van der Waals surface area contributed by atoms with E-state index < -0.39 is 11.8 Å². The summed E-state index contributed by atoms with van der Waals surface area (Å²) >= 11 is 0. The van der Waals surface area contributed by atoms with Crippen LogP contribution in [0.15, 0.2) is 16.8 Å². The van der Waals surface area contributed by atoms with E-state index in [2.05, 4.69) is 45.9 Å². The highest BCUT2D eigenvalue weighted by Gasteiger charge is 2.62. The number of rotatable bonds is 7. The molecule has 3 saturated carbocycles. The molecule has 0 spiro atoms. The van der Waals surface area contributed by atoms with Crippen molar-refractivity contribution in [1.82, 2.24) is 0 Å². The number of hydrogen-bond acceptors (Lipinski definition) is 5. The van der Waals surface area contributed by atoms with Crippen LogP contribution in [0.3, 0.4) is 0 Å². The monoisotopic (exact) mass is 515 g/mol. The van der Waals surface area contributed by atoms with Crippen LogP contribution in [0.1, 0.15) is 120 Å². The number of carbonyl (C=O) groups is 1. The molecule has 0 aliphatic heterocycles. The molecule has 9 unspecified atom stereocenters. The summed E-state index contributed by atoms with van der Waals surface area (Å²) in [6.45, 7) is 17.8. The van der Waals surface area contributed by atoms with Gasteiger partial charge < -0.3 is 9.47 Å². The molecule has 0 heterocycles. The molecule has 4 aliphatic rings. The van der Waals surface area contributed by atoms with Crippen molar-refractivity contribution >= 4 is 6.16 Å². The van der Waals surface area contributed by atoms with Crippen LogP contribution in [0.25, 0.3) is 0 Å². The van der Waals surface area contributed by atoms with Crippen LogP contribution in [0.2, 0.25) is 0 Å². The first-order valence-electron chi connectivity index (χ1n) is 15.2. The van der Waals surface area contributed by atoms with Gasteiger partial charge in [0.1, 0.15) is 11.7 Å². The second-order valence-corrected chi connectivity index (χ2v) is 15.0. The second kappa shape index (κ2) is 10.6. The van der Waals surface area contributed by atoms with Crippen LogP contribution in [0.4, 0.5) is 4.79 Å². The fraction of sp³-hybridized carbons (Fsp3) is 0.906. The molecule has 5 heteroatoms. The molecule has 0 amide bonds. The van der Waals surface area contributed by atoms with Gasteiger partial charge in [0, 0.05) is 5.92 Å². The molecule has 5 nitrogen and oxygen atoms in total. The van der Waals surface area contributed by atoms with Crippen LogP contribution in [0.5, 0.6) is 0 Å². The summed E-state index contributed by atoms with van der Waals surface area (Å²) in [5.41, 5.74) is 1.06. The van der Waals surface area contributed by atoms with Gasteiger partial charge in [-0.05, 0) is 112 Å². The van der Waals surface area contributed by atoms with Gasteiger partial charge in [0.15, 0.2) is 0 Å². The number of hydrogen-bond donors (Lipinski definition) is 0. The predicted octanol–water partition coefficient (Wildman–Crippen LogP) is 9.09. The third kappa shape index (κ3) is 5.66. The maximum Gasteiger partial charge on any atom is 0.509 e. The molecule has 37 heavy (non-hydrogen) atoms. The van der Waals surface area contributed by atoms with Gasteiger partial charge in [0.2, 0.25) is 0 Å². The SMILES string of the molecule is CC(C)CCCC(C)C1CCC2C3C(OC(=O)OC(C)(C)C)C=C4CC(N=O)CCC4(C)C3CCC12C. The third-order valence-corrected chi connectivity index (χ3v) is 11.1. The number of nitroso groups, excluding NO2 is 1. The van der Waals surface area contributed by atoms with E-state index in [-0.39, 0.29) is 23.0 Å². The fourth-order valence-electron chi connectivity index (χ4n) is 9.22. The van der Waals surface area contributed by atoms with Crippen molar-refractivity contribution in [3.05, 3.63) is 16.6 Å². The molecular weight excluding hydrogens is 462 g/mol. The Hall–Kier alpha value is -1.39. The van der Waals surface area contributed by atoms with E-state index in [1.807, 2.05) is 20.8 Å². The Labute approximate surface area is 225 Å². The van der Waals surface area contributed by atoms with Gasteiger partial charge in [-0.1, -0.05) is 64.6 Å². The Morgan fingerprint density at radius 1 is 1.05 bits per heavy atom. The van der Waals surface area contributed by atoms with Crippen molar-refractivity contribution in [2.45, 2.75) is 137 Å². The topological polar surface area (TPSA) is 65.0 Å². The van der Waals surface area contributed by atoms with Gasteiger partial charge >= 0.3 is 6.16 Å². The number of ether oxygens (including phenoxy) is 2.